The number of hydrogen-bond acceptors (Lipinski definition) is 4. The van der Waals surface area contributed by atoms with Gasteiger partial charge in [-0.3, -0.25) is 4.79 Å². The largest absolute Gasteiger partial charge is 0.493 e. The summed E-state index contributed by atoms with van der Waals surface area (Å²) < 4.78 is 10.5. The summed E-state index contributed by atoms with van der Waals surface area (Å²) in [4.78, 5) is 12.7. The van der Waals surface area contributed by atoms with Gasteiger partial charge < -0.3 is 20.1 Å². The maximum atomic E-state index is 12.7. The molecule has 0 aliphatic rings. The lowest BCUT2D eigenvalue weighted by Gasteiger charge is -2.13. The number of nitrogens with one attached hydrogen (secondary N) is 2. The van der Waals surface area contributed by atoms with Gasteiger partial charge in [0.25, 0.3) is 5.91 Å². The Hall–Kier alpha value is -3.18. The Labute approximate surface area is 175 Å². The van der Waals surface area contributed by atoms with Crippen LogP contribution in [-0.2, 0) is 5.88 Å². The lowest BCUT2D eigenvalue weighted by molar-refractivity contribution is 0.102. The first-order valence-corrected chi connectivity index (χ1v) is 9.63. The second-order valence-electron chi connectivity index (χ2n) is 6.51. The minimum atomic E-state index is -0.224. The van der Waals surface area contributed by atoms with Crippen molar-refractivity contribution in [3.8, 4) is 11.5 Å². The average Bonchev–Trinajstić information content (AvgIpc) is 2.76. The summed E-state index contributed by atoms with van der Waals surface area (Å²) in [5.74, 6) is 1.34. The van der Waals surface area contributed by atoms with Gasteiger partial charge in [0.1, 0.15) is 0 Å². The van der Waals surface area contributed by atoms with Gasteiger partial charge in [0, 0.05) is 28.5 Å². The van der Waals surface area contributed by atoms with E-state index in [-0.39, 0.29) is 5.91 Å². The molecule has 3 aromatic carbocycles. The molecule has 0 spiro atoms. The summed E-state index contributed by atoms with van der Waals surface area (Å²) in [7, 11) is 3.10. The quantitative estimate of drug-likeness (QED) is 0.487. The Morgan fingerprint density at radius 3 is 2.24 bits per heavy atom. The summed E-state index contributed by atoms with van der Waals surface area (Å²) in [5, 5.41) is 6.31. The SMILES string of the molecule is COc1ccc(C(=O)Nc2cc(Nc3ccc(CCl)cc3)ccc2C)cc1OC. The molecule has 5 nitrogen and oxygen atoms in total. The second kappa shape index (κ2) is 9.34. The number of carbonyl (C=O) groups excluding carboxylic acids is 1. The van der Waals surface area contributed by atoms with Crippen molar-refractivity contribution < 1.29 is 14.3 Å². The average molecular weight is 411 g/mol. The molecule has 6 heteroatoms. The monoisotopic (exact) mass is 410 g/mol. The third-order valence-corrected chi connectivity index (χ3v) is 4.84. The summed E-state index contributed by atoms with van der Waals surface area (Å²) in [6.45, 7) is 1.95. The molecule has 150 valence electrons. The maximum absolute atomic E-state index is 12.7. The van der Waals surface area contributed by atoms with Crippen LogP contribution in [0.5, 0.6) is 11.5 Å². The fourth-order valence-electron chi connectivity index (χ4n) is 2.85. The fraction of sp³-hybridized carbons (Fsp3) is 0.174. The van der Waals surface area contributed by atoms with Crippen LogP contribution in [0.15, 0.2) is 60.7 Å². The van der Waals surface area contributed by atoms with Crippen LogP contribution >= 0.6 is 11.6 Å². The topological polar surface area (TPSA) is 59.6 Å². The van der Waals surface area contributed by atoms with E-state index in [4.69, 9.17) is 21.1 Å². The van der Waals surface area contributed by atoms with Gasteiger partial charge in [0.05, 0.1) is 14.2 Å². The summed E-state index contributed by atoms with van der Waals surface area (Å²) in [6, 6.07) is 18.8. The van der Waals surface area contributed by atoms with Gasteiger partial charge in [0.15, 0.2) is 11.5 Å². The Bertz CT molecular complexity index is 1000. The van der Waals surface area contributed by atoms with Crippen molar-refractivity contribution in [3.05, 3.63) is 77.4 Å². The van der Waals surface area contributed by atoms with Crippen molar-refractivity contribution in [1.29, 1.82) is 0 Å². The first-order chi connectivity index (χ1) is 14.0. The third kappa shape index (κ3) is 5.00. The molecule has 0 saturated carbocycles. The molecular formula is C23H23ClN2O3. The van der Waals surface area contributed by atoms with Gasteiger partial charge in [-0.15, -0.1) is 11.6 Å². The highest BCUT2D eigenvalue weighted by molar-refractivity contribution is 6.17. The highest BCUT2D eigenvalue weighted by Gasteiger charge is 2.12. The first kappa shape index (κ1) is 20.6. The fourth-order valence-corrected chi connectivity index (χ4v) is 3.03. The van der Waals surface area contributed by atoms with Crippen LogP contribution < -0.4 is 20.1 Å². The minimum Gasteiger partial charge on any atom is -0.493 e. The van der Waals surface area contributed by atoms with Gasteiger partial charge in [-0.25, -0.2) is 0 Å². The van der Waals surface area contributed by atoms with Gasteiger partial charge in [0.2, 0.25) is 0 Å². The predicted molar refractivity (Wildman–Crippen MR) is 118 cm³/mol. The predicted octanol–water partition coefficient (Wildman–Crippen LogP) is 5.75. The number of aryl methyl sites for hydroxylation is 1. The molecule has 0 aliphatic carbocycles. The number of ether oxygens (including phenoxy) is 2. The molecule has 1 amide bonds. The molecule has 0 saturated heterocycles. The molecule has 2 N–H and O–H groups in total. The summed E-state index contributed by atoms with van der Waals surface area (Å²) >= 11 is 5.84. The number of anilines is 3. The van der Waals surface area contributed by atoms with Gasteiger partial charge >= 0.3 is 0 Å². The summed E-state index contributed by atoms with van der Waals surface area (Å²) in [6.07, 6.45) is 0. The smallest absolute Gasteiger partial charge is 0.255 e. The zero-order chi connectivity index (χ0) is 20.8. The molecule has 0 heterocycles. The van der Waals surface area contributed by atoms with E-state index in [0.29, 0.717) is 22.9 Å². The Kier molecular flexibility index (Phi) is 6.62. The Morgan fingerprint density at radius 1 is 0.897 bits per heavy atom. The standard InChI is InChI=1S/C23H23ClN2O3/c1-15-4-8-19(25-18-9-5-16(14-24)6-10-18)13-20(15)26-23(27)17-7-11-21(28-2)22(12-17)29-3/h4-13,25H,14H2,1-3H3,(H,26,27). The molecule has 0 atom stereocenters. The number of halogens is 1. The number of amides is 1. The second-order valence-corrected chi connectivity index (χ2v) is 6.78. The van der Waals surface area contributed by atoms with E-state index >= 15 is 0 Å². The molecule has 29 heavy (non-hydrogen) atoms. The van der Waals surface area contributed by atoms with E-state index in [2.05, 4.69) is 10.6 Å². The lowest BCUT2D eigenvalue weighted by atomic mass is 10.1. The molecule has 0 aliphatic heterocycles. The normalized spacial score (nSPS) is 10.3. The zero-order valence-electron chi connectivity index (χ0n) is 16.6. The highest BCUT2D eigenvalue weighted by Crippen LogP contribution is 2.29. The van der Waals surface area contributed by atoms with E-state index in [1.54, 1.807) is 32.4 Å². The molecular weight excluding hydrogens is 388 g/mol. The van der Waals surface area contributed by atoms with Gasteiger partial charge in [-0.2, -0.15) is 0 Å². The van der Waals surface area contributed by atoms with Crippen LogP contribution in [0.25, 0.3) is 0 Å². The maximum Gasteiger partial charge on any atom is 0.255 e. The van der Waals surface area contributed by atoms with Crippen LogP contribution in [0.1, 0.15) is 21.5 Å². The van der Waals surface area contributed by atoms with Crippen molar-refractivity contribution in [2.24, 2.45) is 0 Å². The third-order valence-electron chi connectivity index (χ3n) is 4.53. The number of rotatable bonds is 7. The Morgan fingerprint density at radius 2 is 1.59 bits per heavy atom. The molecule has 0 bridgehead atoms. The van der Waals surface area contributed by atoms with Crippen LogP contribution in [0.2, 0.25) is 0 Å². The molecule has 0 fully saturated rings. The van der Waals surface area contributed by atoms with Crippen molar-refractivity contribution in [2.45, 2.75) is 12.8 Å². The van der Waals surface area contributed by atoms with E-state index in [1.165, 1.54) is 0 Å². The van der Waals surface area contributed by atoms with Crippen LogP contribution in [0.3, 0.4) is 0 Å². The zero-order valence-corrected chi connectivity index (χ0v) is 17.3. The van der Waals surface area contributed by atoms with E-state index in [0.717, 1.165) is 28.2 Å². The van der Waals surface area contributed by atoms with Crippen molar-refractivity contribution >= 4 is 34.6 Å². The van der Waals surface area contributed by atoms with E-state index in [1.807, 2.05) is 49.4 Å². The van der Waals surface area contributed by atoms with E-state index in [9.17, 15) is 4.79 Å². The molecule has 3 rings (SSSR count). The van der Waals surface area contributed by atoms with Crippen molar-refractivity contribution in [2.75, 3.05) is 24.9 Å². The molecule has 3 aromatic rings. The van der Waals surface area contributed by atoms with E-state index < -0.39 is 0 Å². The van der Waals surface area contributed by atoms with Crippen LogP contribution in [-0.4, -0.2) is 20.1 Å². The lowest BCUT2D eigenvalue weighted by Crippen LogP contribution is -2.13. The first-order valence-electron chi connectivity index (χ1n) is 9.10. The minimum absolute atomic E-state index is 0.224. The highest BCUT2D eigenvalue weighted by atomic mass is 35.5. The summed E-state index contributed by atoms with van der Waals surface area (Å²) in [5.41, 5.74) is 5.05. The van der Waals surface area contributed by atoms with Crippen LogP contribution in [0.4, 0.5) is 17.1 Å². The van der Waals surface area contributed by atoms with Gasteiger partial charge in [-0.1, -0.05) is 18.2 Å². The van der Waals surface area contributed by atoms with Gasteiger partial charge in [-0.05, 0) is 60.5 Å². The number of hydrogen-bond donors (Lipinski definition) is 2. The number of benzene rings is 3. The number of methoxy groups -OCH3 is 2. The Balaban J connectivity index is 1.78. The number of carbonyl (C=O) groups is 1. The number of alkyl halides is 1. The van der Waals surface area contributed by atoms with Crippen LogP contribution in [0, 0.1) is 6.92 Å². The molecule has 0 unspecified atom stereocenters. The molecule has 0 aromatic heterocycles. The van der Waals surface area contributed by atoms with Crippen molar-refractivity contribution in [3.63, 3.8) is 0 Å². The molecule has 0 radical (unpaired) electrons. The van der Waals surface area contributed by atoms with Crippen molar-refractivity contribution in [1.82, 2.24) is 0 Å².